The minimum absolute atomic E-state index is 1.07. The molecule has 0 aliphatic rings. The SMILES string of the molecule is CPCC=C(C)C. The normalized spacial score (nSPS) is 10.1. The van der Waals surface area contributed by atoms with Gasteiger partial charge in [0.1, 0.15) is 0 Å². The largest absolute Gasteiger partial charge is 0.121 e. The summed E-state index contributed by atoms with van der Waals surface area (Å²) < 4.78 is 0. The van der Waals surface area contributed by atoms with Crippen molar-refractivity contribution in [2.45, 2.75) is 13.8 Å². The van der Waals surface area contributed by atoms with Crippen molar-refractivity contribution in [3.05, 3.63) is 11.6 Å². The fraction of sp³-hybridized carbons (Fsp3) is 0.667. The van der Waals surface area contributed by atoms with Crippen molar-refractivity contribution >= 4 is 8.58 Å². The van der Waals surface area contributed by atoms with E-state index in [1.54, 1.807) is 0 Å². The van der Waals surface area contributed by atoms with Gasteiger partial charge in [0.2, 0.25) is 0 Å². The summed E-state index contributed by atoms with van der Waals surface area (Å²) in [4.78, 5) is 0. The van der Waals surface area contributed by atoms with Crippen LogP contribution in [0.1, 0.15) is 13.8 Å². The summed E-state index contributed by atoms with van der Waals surface area (Å²) in [5.74, 6) is 0. The minimum atomic E-state index is 1.07. The number of hydrogen-bond acceptors (Lipinski definition) is 0. The highest BCUT2D eigenvalue weighted by molar-refractivity contribution is 7.37. The van der Waals surface area contributed by atoms with E-state index in [4.69, 9.17) is 0 Å². The van der Waals surface area contributed by atoms with Crippen molar-refractivity contribution in [3.8, 4) is 0 Å². The van der Waals surface area contributed by atoms with E-state index in [0.29, 0.717) is 0 Å². The number of hydrogen-bond donors (Lipinski definition) is 0. The van der Waals surface area contributed by atoms with Crippen LogP contribution in [0.15, 0.2) is 11.6 Å². The van der Waals surface area contributed by atoms with Gasteiger partial charge in [-0.15, -0.1) is 8.58 Å². The quantitative estimate of drug-likeness (QED) is 0.383. The summed E-state index contributed by atoms with van der Waals surface area (Å²) in [5, 5.41) is 0. The lowest BCUT2D eigenvalue weighted by Crippen LogP contribution is -1.66. The van der Waals surface area contributed by atoms with Gasteiger partial charge in [-0.25, -0.2) is 0 Å². The van der Waals surface area contributed by atoms with E-state index in [9.17, 15) is 0 Å². The van der Waals surface area contributed by atoms with Crippen LogP contribution in [-0.2, 0) is 0 Å². The molecular weight excluding hydrogens is 103 g/mol. The first kappa shape index (κ1) is 7.17. The molecule has 1 heteroatoms. The van der Waals surface area contributed by atoms with Gasteiger partial charge in [0, 0.05) is 0 Å². The second kappa shape index (κ2) is 4.33. The molecule has 0 N–H and O–H groups in total. The second-order valence-electron chi connectivity index (χ2n) is 1.84. The summed E-state index contributed by atoms with van der Waals surface area (Å²) in [5.41, 5.74) is 1.44. The van der Waals surface area contributed by atoms with Gasteiger partial charge < -0.3 is 0 Å². The van der Waals surface area contributed by atoms with E-state index < -0.39 is 0 Å². The Morgan fingerprint density at radius 2 is 2.14 bits per heavy atom. The number of rotatable bonds is 2. The third-order valence-corrected chi connectivity index (χ3v) is 1.33. The smallest absolute Gasteiger partial charge is 0.0172 e. The van der Waals surface area contributed by atoms with Gasteiger partial charge in [-0.2, -0.15) is 0 Å². The molecule has 0 amide bonds. The molecule has 0 spiro atoms. The minimum Gasteiger partial charge on any atom is -0.121 e. The molecule has 42 valence electrons. The molecule has 1 unspecified atom stereocenters. The molecule has 0 aromatic carbocycles. The van der Waals surface area contributed by atoms with Crippen LogP contribution in [0, 0.1) is 0 Å². The number of allylic oxidation sites excluding steroid dienone is 2. The van der Waals surface area contributed by atoms with Gasteiger partial charge in [-0.1, -0.05) is 11.6 Å². The fourth-order valence-electron chi connectivity index (χ4n) is 0.306. The molecule has 0 radical (unpaired) electrons. The zero-order chi connectivity index (χ0) is 5.70. The van der Waals surface area contributed by atoms with Crippen molar-refractivity contribution in [2.24, 2.45) is 0 Å². The first-order valence-electron chi connectivity index (χ1n) is 2.55. The van der Waals surface area contributed by atoms with E-state index >= 15 is 0 Å². The van der Waals surface area contributed by atoms with E-state index in [2.05, 4.69) is 26.6 Å². The molecule has 0 aromatic heterocycles. The van der Waals surface area contributed by atoms with Crippen molar-refractivity contribution in [3.63, 3.8) is 0 Å². The zero-order valence-electron chi connectivity index (χ0n) is 5.28. The lowest BCUT2D eigenvalue weighted by atomic mass is 10.3. The molecule has 7 heavy (non-hydrogen) atoms. The molecule has 0 fully saturated rings. The van der Waals surface area contributed by atoms with Gasteiger partial charge >= 0.3 is 0 Å². The molecule has 0 aliphatic heterocycles. The Labute approximate surface area is 47.8 Å². The van der Waals surface area contributed by atoms with E-state index in [1.165, 1.54) is 11.7 Å². The molecule has 0 heterocycles. The maximum Gasteiger partial charge on any atom is -0.0172 e. The molecule has 0 aromatic rings. The highest BCUT2D eigenvalue weighted by atomic mass is 31.1. The molecular formula is C6H13P. The average molecular weight is 116 g/mol. The van der Waals surface area contributed by atoms with E-state index in [1.807, 2.05) is 0 Å². The summed E-state index contributed by atoms with van der Waals surface area (Å²) in [6, 6.07) is 0. The Hall–Kier alpha value is 0.170. The maximum absolute atomic E-state index is 2.28. The van der Waals surface area contributed by atoms with Crippen LogP contribution in [0.4, 0.5) is 0 Å². The summed E-state index contributed by atoms with van der Waals surface area (Å²) in [6.45, 7) is 6.50. The van der Waals surface area contributed by atoms with Crippen molar-refractivity contribution in [1.29, 1.82) is 0 Å². The summed E-state index contributed by atoms with van der Waals surface area (Å²) >= 11 is 0. The first-order chi connectivity index (χ1) is 3.27. The second-order valence-corrected chi connectivity index (χ2v) is 2.95. The van der Waals surface area contributed by atoms with Crippen LogP contribution in [0.3, 0.4) is 0 Å². The highest BCUT2D eigenvalue weighted by Crippen LogP contribution is 2.02. The van der Waals surface area contributed by atoms with Gasteiger partial charge in [0.25, 0.3) is 0 Å². The summed E-state index contributed by atoms with van der Waals surface area (Å²) in [7, 11) is 1.07. The third kappa shape index (κ3) is 6.17. The Balaban J connectivity index is 3.08. The predicted octanol–water partition coefficient (Wildman–Crippen LogP) is 2.26. The van der Waals surface area contributed by atoms with Gasteiger partial charge in [0.15, 0.2) is 0 Å². The topological polar surface area (TPSA) is 0 Å². The predicted molar refractivity (Wildman–Crippen MR) is 38.5 cm³/mol. The van der Waals surface area contributed by atoms with Crippen LogP contribution >= 0.6 is 8.58 Å². The van der Waals surface area contributed by atoms with Crippen molar-refractivity contribution < 1.29 is 0 Å². The third-order valence-electron chi connectivity index (χ3n) is 0.714. The Morgan fingerprint density at radius 3 is 2.29 bits per heavy atom. The standard InChI is InChI=1S/C6H13P/c1-6(2)4-5-7-3/h4,7H,5H2,1-3H3. The van der Waals surface area contributed by atoms with E-state index in [-0.39, 0.29) is 0 Å². The molecule has 0 nitrogen and oxygen atoms in total. The maximum atomic E-state index is 2.28. The first-order valence-corrected chi connectivity index (χ1v) is 4.26. The molecule has 0 saturated carbocycles. The summed E-state index contributed by atoms with van der Waals surface area (Å²) in [6.07, 6.45) is 3.54. The Bertz CT molecular complexity index is 60.6. The Kier molecular flexibility index (Phi) is 4.44. The van der Waals surface area contributed by atoms with Crippen LogP contribution in [0.2, 0.25) is 0 Å². The average Bonchev–Trinajstić information content (AvgIpc) is 1.61. The molecule has 0 bridgehead atoms. The van der Waals surface area contributed by atoms with Gasteiger partial charge in [-0.3, -0.25) is 0 Å². The van der Waals surface area contributed by atoms with Crippen molar-refractivity contribution in [2.75, 3.05) is 12.8 Å². The van der Waals surface area contributed by atoms with Gasteiger partial charge in [-0.05, 0) is 26.7 Å². The molecule has 0 rings (SSSR count). The lowest BCUT2D eigenvalue weighted by Gasteiger charge is -1.85. The Morgan fingerprint density at radius 1 is 1.57 bits per heavy atom. The van der Waals surface area contributed by atoms with Crippen molar-refractivity contribution in [1.82, 2.24) is 0 Å². The van der Waals surface area contributed by atoms with Crippen LogP contribution in [0.25, 0.3) is 0 Å². The zero-order valence-corrected chi connectivity index (χ0v) is 6.28. The molecule has 0 aliphatic carbocycles. The van der Waals surface area contributed by atoms with E-state index in [0.717, 1.165) is 8.58 Å². The van der Waals surface area contributed by atoms with Crippen LogP contribution < -0.4 is 0 Å². The van der Waals surface area contributed by atoms with Crippen LogP contribution in [-0.4, -0.2) is 12.8 Å². The van der Waals surface area contributed by atoms with Crippen LogP contribution in [0.5, 0.6) is 0 Å². The molecule has 1 atom stereocenters. The molecule has 0 saturated heterocycles. The highest BCUT2D eigenvalue weighted by Gasteiger charge is 1.72. The lowest BCUT2D eigenvalue weighted by molar-refractivity contribution is 1.37. The monoisotopic (exact) mass is 116 g/mol. The van der Waals surface area contributed by atoms with Gasteiger partial charge in [0.05, 0.1) is 0 Å². The fourth-order valence-corrected chi connectivity index (χ4v) is 0.919.